The number of nitrogens with one attached hydrogen (secondary N) is 1. The quantitative estimate of drug-likeness (QED) is 0.606. The Labute approximate surface area is 163 Å². The molecule has 0 saturated carbocycles. The number of thioether (sulfide) groups is 1. The van der Waals surface area contributed by atoms with Gasteiger partial charge in [-0.05, 0) is 68.1 Å². The molecular weight excluding hydrogens is 358 g/mol. The van der Waals surface area contributed by atoms with Crippen LogP contribution in [0, 0.1) is 13.8 Å². The zero-order chi connectivity index (χ0) is 19.4. The van der Waals surface area contributed by atoms with Crippen LogP contribution in [0.15, 0.2) is 52.1 Å². The first-order chi connectivity index (χ1) is 13.0. The molecule has 2 aromatic carbocycles. The molecule has 1 heterocycles. The van der Waals surface area contributed by atoms with Crippen molar-refractivity contribution in [1.29, 1.82) is 0 Å². The van der Waals surface area contributed by atoms with Gasteiger partial charge in [-0.15, -0.1) is 10.2 Å². The van der Waals surface area contributed by atoms with Crippen LogP contribution < -0.4 is 5.32 Å². The predicted octanol–water partition coefficient (Wildman–Crippen LogP) is 5.04. The van der Waals surface area contributed by atoms with Gasteiger partial charge >= 0.3 is 0 Å². The standard InChI is InChI=1S/C21H23N3O2S/c1-5-16-7-10-18(11-8-16)22-19(25)15(4)27-21-24-23-20(26-21)17-9-6-13(2)14(3)12-17/h6-12,15H,5H2,1-4H3,(H,22,25)/t15-/m1/s1. The summed E-state index contributed by atoms with van der Waals surface area (Å²) < 4.78 is 5.73. The van der Waals surface area contributed by atoms with Gasteiger partial charge in [-0.3, -0.25) is 4.79 Å². The lowest BCUT2D eigenvalue weighted by atomic mass is 10.1. The van der Waals surface area contributed by atoms with E-state index in [9.17, 15) is 4.79 Å². The number of carbonyl (C=O) groups is 1. The molecule has 1 aromatic heterocycles. The van der Waals surface area contributed by atoms with Crippen LogP contribution >= 0.6 is 11.8 Å². The fourth-order valence-electron chi connectivity index (χ4n) is 2.52. The lowest BCUT2D eigenvalue weighted by molar-refractivity contribution is -0.115. The van der Waals surface area contributed by atoms with E-state index in [0.29, 0.717) is 11.1 Å². The molecule has 0 radical (unpaired) electrons. The third-order valence-electron chi connectivity index (χ3n) is 4.44. The smallest absolute Gasteiger partial charge is 0.277 e. The summed E-state index contributed by atoms with van der Waals surface area (Å²) in [5, 5.41) is 11.1. The Kier molecular flexibility index (Phi) is 5.96. The number of rotatable bonds is 6. The minimum atomic E-state index is -0.357. The Bertz CT molecular complexity index is 935. The summed E-state index contributed by atoms with van der Waals surface area (Å²) in [6.07, 6.45) is 0.973. The highest BCUT2D eigenvalue weighted by Gasteiger charge is 2.19. The van der Waals surface area contributed by atoms with Gasteiger partial charge in [0.05, 0.1) is 5.25 Å². The summed E-state index contributed by atoms with van der Waals surface area (Å²) in [7, 11) is 0. The first-order valence-electron chi connectivity index (χ1n) is 8.94. The summed E-state index contributed by atoms with van der Waals surface area (Å²) in [4.78, 5) is 12.4. The molecule has 0 bridgehead atoms. The molecule has 1 amide bonds. The number of anilines is 1. The van der Waals surface area contributed by atoms with Crippen LogP contribution in [0.3, 0.4) is 0 Å². The molecule has 0 spiro atoms. The van der Waals surface area contributed by atoms with E-state index in [4.69, 9.17) is 4.42 Å². The van der Waals surface area contributed by atoms with E-state index in [1.165, 1.54) is 28.5 Å². The molecule has 27 heavy (non-hydrogen) atoms. The second-order valence-electron chi connectivity index (χ2n) is 6.47. The van der Waals surface area contributed by atoms with Gasteiger partial charge in [0.1, 0.15) is 0 Å². The van der Waals surface area contributed by atoms with Gasteiger partial charge in [0.2, 0.25) is 11.8 Å². The highest BCUT2D eigenvalue weighted by Crippen LogP contribution is 2.27. The average molecular weight is 382 g/mol. The van der Waals surface area contributed by atoms with Crippen LogP contribution in [0.2, 0.25) is 0 Å². The maximum absolute atomic E-state index is 12.4. The van der Waals surface area contributed by atoms with Crippen LogP contribution in [0.4, 0.5) is 5.69 Å². The molecule has 5 nitrogen and oxygen atoms in total. The Morgan fingerprint density at radius 1 is 1.11 bits per heavy atom. The van der Waals surface area contributed by atoms with Crippen LogP contribution in [-0.2, 0) is 11.2 Å². The number of aryl methyl sites for hydroxylation is 3. The second kappa shape index (κ2) is 8.39. The summed E-state index contributed by atoms with van der Waals surface area (Å²) in [5.41, 5.74) is 5.28. The number of carbonyl (C=O) groups excluding carboxylic acids is 1. The zero-order valence-corrected chi connectivity index (χ0v) is 16.8. The molecule has 0 aliphatic heterocycles. The lowest BCUT2D eigenvalue weighted by Crippen LogP contribution is -2.22. The molecule has 0 unspecified atom stereocenters. The van der Waals surface area contributed by atoms with E-state index < -0.39 is 0 Å². The van der Waals surface area contributed by atoms with E-state index in [1.54, 1.807) is 0 Å². The Morgan fingerprint density at radius 2 is 1.85 bits per heavy atom. The number of benzene rings is 2. The van der Waals surface area contributed by atoms with Gasteiger partial charge in [-0.25, -0.2) is 0 Å². The first-order valence-corrected chi connectivity index (χ1v) is 9.82. The van der Waals surface area contributed by atoms with E-state index in [0.717, 1.165) is 17.7 Å². The maximum atomic E-state index is 12.4. The van der Waals surface area contributed by atoms with Crippen molar-refractivity contribution in [3.8, 4) is 11.5 Å². The Morgan fingerprint density at radius 3 is 2.52 bits per heavy atom. The van der Waals surface area contributed by atoms with Crippen LogP contribution in [0.1, 0.15) is 30.5 Å². The summed E-state index contributed by atoms with van der Waals surface area (Å²) in [5.74, 6) is 0.360. The normalized spacial score (nSPS) is 12.0. The highest BCUT2D eigenvalue weighted by molar-refractivity contribution is 8.00. The molecule has 0 fully saturated rings. The van der Waals surface area contributed by atoms with E-state index in [-0.39, 0.29) is 11.2 Å². The molecule has 140 valence electrons. The molecule has 0 saturated heterocycles. The van der Waals surface area contributed by atoms with Crippen molar-refractivity contribution in [2.75, 3.05) is 5.32 Å². The average Bonchev–Trinajstić information content (AvgIpc) is 3.13. The molecule has 3 rings (SSSR count). The fourth-order valence-corrected chi connectivity index (χ4v) is 3.20. The zero-order valence-electron chi connectivity index (χ0n) is 15.9. The largest absolute Gasteiger partial charge is 0.411 e. The van der Waals surface area contributed by atoms with Gasteiger partial charge in [0, 0.05) is 11.3 Å². The van der Waals surface area contributed by atoms with Crippen LogP contribution in [0.5, 0.6) is 0 Å². The molecule has 0 aliphatic carbocycles. The van der Waals surface area contributed by atoms with Crippen molar-refractivity contribution in [1.82, 2.24) is 10.2 Å². The number of hydrogen-bond donors (Lipinski definition) is 1. The van der Waals surface area contributed by atoms with E-state index >= 15 is 0 Å². The number of hydrogen-bond acceptors (Lipinski definition) is 5. The SMILES string of the molecule is CCc1ccc(NC(=O)[C@@H](C)Sc2nnc(-c3ccc(C)c(C)c3)o2)cc1. The monoisotopic (exact) mass is 381 g/mol. The fraction of sp³-hybridized carbons (Fsp3) is 0.286. The molecule has 6 heteroatoms. The topological polar surface area (TPSA) is 68.0 Å². The first kappa shape index (κ1) is 19.2. The summed E-state index contributed by atoms with van der Waals surface area (Å²) in [6.45, 7) is 8.03. The summed E-state index contributed by atoms with van der Waals surface area (Å²) in [6, 6.07) is 13.9. The second-order valence-corrected chi connectivity index (χ2v) is 7.76. The van der Waals surface area contributed by atoms with Crippen molar-refractivity contribution < 1.29 is 9.21 Å². The molecule has 0 aliphatic rings. The van der Waals surface area contributed by atoms with Crippen molar-refractivity contribution in [3.63, 3.8) is 0 Å². The van der Waals surface area contributed by atoms with Crippen LogP contribution in [-0.4, -0.2) is 21.4 Å². The van der Waals surface area contributed by atoms with Gasteiger partial charge in [-0.2, -0.15) is 0 Å². The van der Waals surface area contributed by atoms with Gasteiger partial charge in [0.15, 0.2) is 0 Å². The molecular formula is C21H23N3O2S. The Balaban J connectivity index is 1.63. The maximum Gasteiger partial charge on any atom is 0.277 e. The van der Waals surface area contributed by atoms with Gasteiger partial charge < -0.3 is 9.73 Å². The van der Waals surface area contributed by atoms with Gasteiger partial charge in [0.25, 0.3) is 5.22 Å². The number of nitrogens with zero attached hydrogens (tertiary/aromatic N) is 2. The summed E-state index contributed by atoms with van der Waals surface area (Å²) >= 11 is 1.25. The van der Waals surface area contributed by atoms with Crippen molar-refractivity contribution >= 4 is 23.4 Å². The third kappa shape index (κ3) is 4.77. The molecule has 3 aromatic rings. The third-order valence-corrected chi connectivity index (χ3v) is 5.37. The molecule has 1 atom stereocenters. The Hall–Kier alpha value is -2.60. The van der Waals surface area contributed by atoms with Crippen molar-refractivity contribution in [2.45, 2.75) is 44.6 Å². The lowest BCUT2D eigenvalue weighted by Gasteiger charge is -2.10. The van der Waals surface area contributed by atoms with Crippen molar-refractivity contribution in [3.05, 3.63) is 59.2 Å². The predicted molar refractivity (Wildman–Crippen MR) is 109 cm³/mol. The minimum absolute atomic E-state index is 0.102. The number of amides is 1. The van der Waals surface area contributed by atoms with Crippen molar-refractivity contribution in [2.24, 2.45) is 0 Å². The van der Waals surface area contributed by atoms with Crippen LogP contribution in [0.25, 0.3) is 11.5 Å². The highest BCUT2D eigenvalue weighted by atomic mass is 32.2. The minimum Gasteiger partial charge on any atom is -0.411 e. The van der Waals surface area contributed by atoms with E-state index in [2.05, 4.69) is 29.4 Å². The molecule has 1 N–H and O–H groups in total. The van der Waals surface area contributed by atoms with E-state index in [1.807, 2.05) is 56.3 Å². The van der Waals surface area contributed by atoms with Gasteiger partial charge in [-0.1, -0.05) is 36.9 Å². The number of aromatic nitrogens is 2.